The largest absolute Gasteiger partial charge is 0.273 e. The molecule has 0 spiro atoms. The van der Waals surface area contributed by atoms with E-state index in [9.17, 15) is 0 Å². The number of nitrogens with zero attached hydrogens (tertiary/aromatic N) is 3. The minimum Gasteiger partial charge on any atom is -0.273 e. The molecule has 0 aromatic rings. The summed E-state index contributed by atoms with van der Waals surface area (Å²) in [6, 6.07) is 0. The zero-order chi connectivity index (χ0) is 13.7. The maximum Gasteiger partial charge on any atom is 0.0545 e. The minimum absolute atomic E-state index is 0.00896. The van der Waals surface area contributed by atoms with Crippen molar-refractivity contribution in [2.75, 3.05) is 6.54 Å². The van der Waals surface area contributed by atoms with Gasteiger partial charge in [0.2, 0.25) is 0 Å². The second kappa shape index (κ2) is 6.18. The molecule has 100 valence electrons. The molecule has 0 fully saturated rings. The van der Waals surface area contributed by atoms with Crippen LogP contribution in [-0.2, 0) is 0 Å². The highest BCUT2D eigenvalue weighted by atomic mass is 15.6. The Hall–Kier alpha value is -0.860. The fourth-order valence-electron chi connectivity index (χ4n) is 2.12. The summed E-state index contributed by atoms with van der Waals surface area (Å²) in [6.45, 7) is 20.2. The predicted octanol–water partition coefficient (Wildman–Crippen LogP) is 4.67. The molecule has 0 rings (SSSR count). The highest BCUT2D eigenvalue weighted by molar-refractivity contribution is 4.87. The van der Waals surface area contributed by atoms with Gasteiger partial charge in [0.1, 0.15) is 0 Å². The molecule has 0 unspecified atom stereocenters. The van der Waals surface area contributed by atoms with Crippen LogP contribution in [0.2, 0.25) is 0 Å². The first-order valence-corrected chi connectivity index (χ1v) is 6.46. The molecule has 0 aliphatic carbocycles. The topological polar surface area (TPSA) is 28.0 Å². The van der Waals surface area contributed by atoms with E-state index in [1.165, 1.54) is 6.20 Å². The van der Waals surface area contributed by atoms with Crippen LogP contribution in [-0.4, -0.2) is 17.1 Å². The molecule has 0 atom stereocenters. The summed E-state index contributed by atoms with van der Waals surface area (Å²) in [5.41, 5.74) is 0.301. The molecule has 3 nitrogen and oxygen atoms in total. The van der Waals surface area contributed by atoms with Crippen molar-refractivity contribution in [3.05, 3.63) is 12.8 Å². The fraction of sp³-hybridized carbons (Fsp3) is 0.857. The predicted molar refractivity (Wildman–Crippen MR) is 74.7 cm³/mol. The number of hydrogen-bond acceptors (Lipinski definition) is 2. The Morgan fingerprint density at radius 1 is 1.24 bits per heavy atom. The molecule has 3 heteroatoms. The Kier molecular flexibility index (Phi) is 5.86. The first-order valence-electron chi connectivity index (χ1n) is 6.46. The van der Waals surface area contributed by atoms with Crippen molar-refractivity contribution in [1.82, 2.24) is 5.01 Å². The minimum atomic E-state index is 0.00896. The van der Waals surface area contributed by atoms with Crippen LogP contribution in [0.25, 0.3) is 0 Å². The van der Waals surface area contributed by atoms with Gasteiger partial charge in [0.05, 0.1) is 5.54 Å². The third kappa shape index (κ3) is 4.88. The maximum atomic E-state index is 4.22. The lowest BCUT2D eigenvalue weighted by molar-refractivity contribution is 0.0536. The fourth-order valence-corrected chi connectivity index (χ4v) is 2.12. The van der Waals surface area contributed by atoms with Gasteiger partial charge >= 0.3 is 0 Å². The number of hydrogen-bond donors (Lipinski definition) is 0. The van der Waals surface area contributed by atoms with Gasteiger partial charge in [-0.2, -0.15) is 0 Å². The second-order valence-corrected chi connectivity index (χ2v) is 6.24. The Labute approximate surface area is 107 Å². The third-order valence-electron chi connectivity index (χ3n) is 3.69. The Balaban J connectivity index is 4.85. The summed E-state index contributed by atoms with van der Waals surface area (Å²) in [5, 5.41) is 10.2. The number of rotatable bonds is 7. The van der Waals surface area contributed by atoms with Crippen LogP contribution in [0.15, 0.2) is 23.1 Å². The van der Waals surface area contributed by atoms with Crippen LogP contribution in [0.3, 0.4) is 0 Å². The molecule has 17 heavy (non-hydrogen) atoms. The van der Waals surface area contributed by atoms with Crippen molar-refractivity contribution >= 4 is 0 Å². The van der Waals surface area contributed by atoms with Crippen molar-refractivity contribution in [2.24, 2.45) is 21.7 Å². The van der Waals surface area contributed by atoms with Gasteiger partial charge in [-0.05, 0) is 38.5 Å². The zero-order valence-corrected chi connectivity index (χ0v) is 12.6. The quantitative estimate of drug-likeness (QED) is 0.468. The van der Waals surface area contributed by atoms with Gasteiger partial charge in [0.25, 0.3) is 0 Å². The molecule has 0 bridgehead atoms. The van der Waals surface area contributed by atoms with Gasteiger partial charge in [-0.3, -0.25) is 5.01 Å². The van der Waals surface area contributed by atoms with E-state index in [1.807, 2.05) is 5.01 Å². The molecule has 0 heterocycles. The average molecular weight is 239 g/mol. The van der Waals surface area contributed by atoms with Crippen molar-refractivity contribution < 1.29 is 0 Å². The van der Waals surface area contributed by atoms with E-state index in [-0.39, 0.29) is 5.54 Å². The lowest BCUT2D eigenvalue weighted by atomic mass is 9.72. The lowest BCUT2D eigenvalue weighted by Crippen LogP contribution is -2.44. The van der Waals surface area contributed by atoms with Crippen LogP contribution < -0.4 is 0 Å². The Morgan fingerprint density at radius 3 is 2.12 bits per heavy atom. The van der Waals surface area contributed by atoms with Crippen LogP contribution >= 0.6 is 0 Å². The third-order valence-corrected chi connectivity index (χ3v) is 3.69. The molecule has 0 saturated heterocycles. The summed E-state index contributed by atoms with van der Waals surface area (Å²) < 4.78 is 0. The van der Waals surface area contributed by atoms with Crippen molar-refractivity contribution in [1.29, 1.82) is 0 Å². The van der Waals surface area contributed by atoms with Gasteiger partial charge in [-0.15, -0.1) is 5.11 Å². The molecular weight excluding hydrogens is 210 g/mol. The van der Waals surface area contributed by atoms with Crippen LogP contribution in [0.1, 0.15) is 54.9 Å². The maximum absolute atomic E-state index is 4.22. The van der Waals surface area contributed by atoms with E-state index in [2.05, 4.69) is 65.4 Å². The van der Waals surface area contributed by atoms with Crippen LogP contribution in [0, 0.1) is 11.3 Å². The molecule has 0 aliphatic rings. The SMILES string of the molecule is C=CN=NN(CC)C(C)(C)CC(C)(C)C(C)C. The molecule has 0 saturated carbocycles. The van der Waals surface area contributed by atoms with E-state index in [1.54, 1.807) is 0 Å². The van der Waals surface area contributed by atoms with Crippen molar-refractivity contribution in [2.45, 2.75) is 60.4 Å². The average Bonchev–Trinajstić information content (AvgIpc) is 2.16. The van der Waals surface area contributed by atoms with E-state index < -0.39 is 0 Å². The van der Waals surface area contributed by atoms with E-state index in [0.29, 0.717) is 11.3 Å². The molecule has 0 aromatic carbocycles. The highest BCUT2D eigenvalue weighted by Gasteiger charge is 2.34. The lowest BCUT2D eigenvalue weighted by Gasteiger charge is -2.42. The summed E-state index contributed by atoms with van der Waals surface area (Å²) >= 11 is 0. The summed E-state index contributed by atoms with van der Waals surface area (Å²) in [6.07, 6.45) is 2.56. The molecule has 0 aliphatic heterocycles. The highest BCUT2D eigenvalue weighted by Crippen LogP contribution is 2.37. The van der Waals surface area contributed by atoms with Gasteiger partial charge in [0.15, 0.2) is 0 Å². The first kappa shape index (κ1) is 16.1. The molecule has 0 N–H and O–H groups in total. The summed E-state index contributed by atoms with van der Waals surface area (Å²) in [5.74, 6) is 0.650. The van der Waals surface area contributed by atoms with Crippen molar-refractivity contribution in [3.8, 4) is 0 Å². The van der Waals surface area contributed by atoms with E-state index in [0.717, 1.165) is 13.0 Å². The van der Waals surface area contributed by atoms with Crippen LogP contribution in [0.5, 0.6) is 0 Å². The monoisotopic (exact) mass is 239 g/mol. The van der Waals surface area contributed by atoms with Crippen molar-refractivity contribution in [3.63, 3.8) is 0 Å². The molecule has 0 amide bonds. The molecule has 0 radical (unpaired) electrons. The summed E-state index contributed by atoms with van der Waals surface area (Å²) in [4.78, 5) is 0. The zero-order valence-electron chi connectivity index (χ0n) is 12.6. The van der Waals surface area contributed by atoms with E-state index in [4.69, 9.17) is 0 Å². The smallest absolute Gasteiger partial charge is 0.0545 e. The molecular formula is C14H29N3. The second-order valence-electron chi connectivity index (χ2n) is 6.24. The Morgan fingerprint density at radius 2 is 1.76 bits per heavy atom. The molecule has 0 aromatic heterocycles. The van der Waals surface area contributed by atoms with Gasteiger partial charge in [-0.25, -0.2) is 0 Å². The Bertz CT molecular complexity index is 265. The normalized spacial score (nSPS) is 13.4. The standard InChI is InChI=1S/C14H29N3/c1-9-15-16-17(10-2)14(7,8)11-13(5,6)12(3)4/h9,12H,1,10-11H2,2-8H3. The van der Waals surface area contributed by atoms with Gasteiger partial charge in [-0.1, -0.05) is 39.5 Å². The van der Waals surface area contributed by atoms with Gasteiger partial charge < -0.3 is 0 Å². The first-order chi connectivity index (χ1) is 7.67. The van der Waals surface area contributed by atoms with Gasteiger partial charge in [0, 0.05) is 12.7 Å². The summed E-state index contributed by atoms with van der Waals surface area (Å²) in [7, 11) is 0. The van der Waals surface area contributed by atoms with Crippen LogP contribution in [0.4, 0.5) is 0 Å². The van der Waals surface area contributed by atoms with E-state index >= 15 is 0 Å².